The van der Waals surface area contributed by atoms with Gasteiger partial charge in [0.25, 0.3) is 5.91 Å². The molecule has 0 atom stereocenters. The van der Waals surface area contributed by atoms with Crippen LogP contribution in [0.25, 0.3) is 0 Å². The molecule has 1 N–H and O–H groups in total. The Labute approximate surface area is 163 Å². The summed E-state index contributed by atoms with van der Waals surface area (Å²) in [4.78, 5) is 28.0. The summed E-state index contributed by atoms with van der Waals surface area (Å²) >= 11 is 0. The predicted molar refractivity (Wildman–Crippen MR) is 104 cm³/mol. The van der Waals surface area contributed by atoms with Crippen LogP contribution in [0.1, 0.15) is 32.0 Å². The Morgan fingerprint density at radius 1 is 0.964 bits per heavy atom. The number of benzene rings is 2. The summed E-state index contributed by atoms with van der Waals surface area (Å²) in [6, 6.07) is 19.5. The summed E-state index contributed by atoms with van der Waals surface area (Å²) in [7, 11) is 1.32. The molecule has 0 unspecified atom stereocenters. The maximum Gasteiger partial charge on any atom is 0.337 e. The average Bonchev–Trinajstić information content (AvgIpc) is 2.76. The molecule has 1 aromatic heterocycles. The van der Waals surface area contributed by atoms with Gasteiger partial charge in [0.2, 0.25) is 0 Å². The normalized spacial score (nSPS) is 10.2. The van der Waals surface area contributed by atoms with E-state index in [4.69, 9.17) is 4.74 Å². The van der Waals surface area contributed by atoms with Crippen LogP contribution in [-0.2, 0) is 17.9 Å². The van der Waals surface area contributed by atoms with Gasteiger partial charge in [-0.1, -0.05) is 18.2 Å². The largest absolute Gasteiger partial charge is 0.487 e. The maximum atomic E-state index is 12.3. The predicted octanol–water partition coefficient (Wildman–Crippen LogP) is 3.38. The number of amides is 1. The third kappa shape index (κ3) is 5.17. The molecule has 6 nitrogen and oxygen atoms in total. The van der Waals surface area contributed by atoms with Crippen LogP contribution in [0, 0.1) is 0 Å². The van der Waals surface area contributed by atoms with Crippen LogP contribution in [-0.4, -0.2) is 24.0 Å². The minimum atomic E-state index is -0.436. The van der Waals surface area contributed by atoms with Crippen molar-refractivity contribution in [1.29, 1.82) is 0 Å². The van der Waals surface area contributed by atoms with Crippen molar-refractivity contribution in [2.75, 3.05) is 7.11 Å². The van der Waals surface area contributed by atoms with Gasteiger partial charge in [0, 0.05) is 18.3 Å². The van der Waals surface area contributed by atoms with E-state index >= 15 is 0 Å². The van der Waals surface area contributed by atoms with Crippen LogP contribution in [0.4, 0.5) is 0 Å². The monoisotopic (exact) mass is 376 g/mol. The number of nitrogens with zero attached hydrogens (tertiary/aromatic N) is 1. The van der Waals surface area contributed by atoms with E-state index in [-0.39, 0.29) is 5.91 Å². The van der Waals surface area contributed by atoms with Crippen molar-refractivity contribution in [2.24, 2.45) is 0 Å². The number of carbonyl (C=O) groups excluding carboxylic acids is 2. The van der Waals surface area contributed by atoms with E-state index < -0.39 is 5.97 Å². The lowest BCUT2D eigenvalue weighted by molar-refractivity contribution is 0.0600. The highest BCUT2D eigenvalue weighted by molar-refractivity contribution is 5.96. The van der Waals surface area contributed by atoms with Crippen molar-refractivity contribution in [3.63, 3.8) is 0 Å². The number of ether oxygens (including phenoxy) is 2. The minimum Gasteiger partial charge on any atom is -0.487 e. The molecule has 0 aliphatic heterocycles. The zero-order chi connectivity index (χ0) is 19.8. The molecule has 28 heavy (non-hydrogen) atoms. The van der Waals surface area contributed by atoms with Gasteiger partial charge in [-0.25, -0.2) is 4.79 Å². The van der Waals surface area contributed by atoms with E-state index in [1.165, 1.54) is 7.11 Å². The molecule has 0 radical (unpaired) electrons. The van der Waals surface area contributed by atoms with Crippen LogP contribution in [0.3, 0.4) is 0 Å². The molecule has 0 fully saturated rings. The van der Waals surface area contributed by atoms with E-state index in [9.17, 15) is 9.59 Å². The number of hydrogen-bond acceptors (Lipinski definition) is 5. The second-order valence-electron chi connectivity index (χ2n) is 6.01. The van der Waals surface area contributed by atoms with Crippen molar-refractivity contribution < 1.29 is 19.1 Å². The first-order valence-electron chi connectivity index (χ1n) is 8.74. The van der Waals surface area contributed by atoms with Crippen LogP contribution in [0.5, 0.6) is 5.75 Å². The third-order valence-corrected chi connectivity index (χ3v) is 4.03. The molecular weight excluding hydrogens is 356 g/mol. The van der Waals surface area contributed by atoms with E-state index in [1.807, 2.05) is 42.5 Å². The van der Waals surface area contributed by atoms with E-state index in [1.54, 1.807) is 30.5 Å². The molecule has 6 heteroatoms. The first kappa shape index (κ1) is 19.1. The zero-order valence-electron chi connectivity index (χ0n) is 15.4. The molecule has 0 aliphatic rings. The lowest BCUT2D eigenvalue weighted by Gasteiger charge is -2.09. The van der Waals surface area contributed by atoms with Crippen molar-refractivity contribution >= 4 is 11.9 Å². The maximum absolute atomic E-state index is 12.3. The molecular formula is C22H20N2O4. The van der Waals surface area contributed by atoms with Crippen molar-refractivity contribution in [3.05, 3.63) is 95.3 Å². The van der Waals surface area contributed by atoms with Crippen LogP contribution >= 0.6 is 0 Å². The summed E-state index contributed by atoms with van der Waals surface area (Å²) in [5.74, 6) is 0.0468. The quantitative estimate of drug-likeness (QED) is 0.640. The summed E-state index contributed by atoms with van der Waals surface area (Å²) < 4.78 is 10.4. The van der Waals surface area contributed by atoms with E-state index in [2.05, 4.69) is 15.0 Å². The molecule has 3 aromatic rings. The van der Waals surface area contributed by atoms with Gasteiger partial charge in [0.1, 0.15) is 12.4 Å². The summed E-state index contributed by atoms with van der Waals surface area (Å²) in [5, 5.41) is 2.86. The number of nitrogens with one attached hydrogen (secondary N) is 1. The number of rotatable bonds is 7. The lowest BCUT2D eigenvalue weighted by Crippen LogP contribution is -2.22. The van der Waals surface area contributed by atoms with E-state index in [0.29, 0.717) is 30.0 Å². The van der Waals surface area contributed by atoms with Gasteiger partial charge in [-0.15, -0.1) is 0 Å². The van der Waals surface area contributed by atoms with E-state index in [0.717, 1.165) is 11.3 Å². The van der Waals surface area contributed by atoms with Gasteiger partial charge in [-0.3, -0.25) is 9.78 Å². The van der Waals surface area contributed by atoms with Gasteiger partial charge in [0.15, 0.2) is 0 Å². The number of pyridine rings is 1. The van der Waals surface area contributed by atoms with Gasteiger partial charge >= 0.3 is 5.97 Å². The van der Waals surface area contributed by atoms with Crippen LogP contribution < -0.4 is 10.1 Å². The number of esters is 1. The Morgan fingerprint density at radius 2 is 1.75 bits per heavy atom. The van der Waals surface area contributed by atoms with Gasteiger partial charge < -0.3 is 14.8 Å². The minimum absolute atomic E-state index is 0.226. The Kier molecular flexibility index (Phi) is 6.36. The smallest absolute Gasteiger partial charge is 0.337 e. The topological polar surface area (TPSA) is 77.5 Å². The second kappa shape index (κ2) is 9.32. The standard InChI is InChI=1S/C22H20N2O4/c1-27-22(26)18-10-8-17(9-11-18)21(25)24-14-16-5-4-7-20(13-16)28-15-19-6-2-3-12-23-19/h2-13H,14-15H2,1H3,(H,24,25). The van der Waals surface area contributed by atoms with Crippen LogP contribution in [0.15, 0.2) is 72.9 Å². The first-order chi connectivity index (χ1) is 13.7. The Balaban J connectivity index is 1.55. The molecule has 0 spiro atoms. The molecule has 2 aromatic carbocycles. The molecule has 0 saturated heterocycles. The van der Waals surface area contributed by atoms with Gasteiger partial charge in [-0.2, -0.15) is 0 Å². The summed E-state index contributed by atoms with van der Waals surface area (Å²) in [5.41, 5.74) is 2.63. The van der Waals surface area contributed by atoms with Crippen molar-refractivity contribution in [3.8, 4) is 5.75 Å². The molecule has 0 aliphatic carbocycles. The molecule has 3 rings (SSSR count). The third-order valence-electron chi connectivity index (χ3n) is 4.03. The van der Waals surface area contributed by atoms with Crippen molar-refractivity contribution in [2.45, 2.75) is 13.2 Å². The van der Waals surface area contributed by atoms with Gasteiger partial charge in [0.05, 0.1) is 18.4 Å². The van der Waals surface area contributed by atoms with Gasteiger partial charge in [-0.05, 0) is 54.1 Å². The molecule has 142 valence electrons. The zero-order valence-corrected chi connectivity index (χ0v) is 15.4. The molecule has 0 bridgehead atoms. The fourth-order valence-electron chi connectivity index (χ4n) is 2.55. The summed E-state index contributed by atoms with van der Waals surface area (Å²) in [6.45, 7) is 0.738. The Hall–Kier alpha value is -3.67. The van der Waals surface area contributed by atoms with Crippen LogP contribution in [0.2, 0.25) is 0 Å². The summed E-state index contributed by atoms with van der Waals surface area (Å²) in [6.07, 6.45) is 1.72. The molecule has 1 heterocycles. The highest BCUT2D eigenvalue weighted by atomic mass is 16.5. The Bertz CT molecular complexity index is 940. The number of aromatic nitrogens is 1. The average molecular weight is 376 g/mol. The Morgan fingerprint density at radius 3 is 2.46 bits per heavy atom. The lowest BCUT2D eigenvalue weighted by atomic mass is 10.1. The van der Waals surface area contributed by atoms with Crippen molar-refractivity contribution in [1.82, 2.24) is 10.3 Å². The highest BCUT2D eigenvalue weighted by Gasteiger charge is 2.09. The fraction of sp³-hybridized carbons (Fsp3) is 0.136. The highest BCUT2D eigenvalue weighted by Crippen LogP contribution is 2.15. The fourth-order valence-corrected chi connectivity index (χ4v) is 2.55. The SMILES string of the molecule is COC(=O)c1ccc(C(=O)NCc2cccc(OCc3ccccn3)c2)cc1. The number of hydrogen-bond donors (Lipinski definition) is 1. The number of carbonyl (C=O) groups is 2. The molecule has 0 saturated carbocycles. The second-order valence-corrected chi connectivity index (χ2v) is 6.01. The number of methoxy groups -OCH3 is 1. The first-order valence-corrected chi connectivity index (χ1v) is 8.74. The molecule has 1 amide bonds.